The molecule has 1 amide bonds. The van der Waals surface area contributed by atoms with Crippen LogP contribution in [0, 0.1) is 11.8 Å². The van der Waals surface area contributed by atoms with Crippen molar-refractivity contribution in [2.45, 2.75) is 45.5 Å². The second-order valence-corrected chi connectivity index (χ2v) is 7.45. The van der Waals surface area contributed by atoms with Gasteiger partial charge < -0.3 is 5.32 Å². The standard InChI is InChI=1S/C16H17F2N3O.C4H8/c1-9-7-11(9)10-5-3-4-6-13(10)19-16(22)12-8-21(2)20-14(12)15(17)18;1-4-2-3-4/h3-6,8-9,11,15H,7H2,1-2H3,(H,19,22);4H,2-3H2,1H3. The SMILES string of the molecule is CC1CC1.CC1CC1c1ccccc1NC(=O)c1cn(C)nc1C(F)F. The number of hydrogen-bond donors (Lipinski definition) is 1. The Morgan fingerprint density at radius 1 is 1.27 bits per heavy atom. The van der Waals surface area contributed by atoms with E-state index in [1.54, 1.807) is 6.07 Å². The fraction of sp³-hybridized carbons (Fsp3) is 0.500. The van der Waals surface area contributed by atoms with Crippen molar-refractivity contribution >= 4 is 11.6 Å². The summed E-state index contributed by atoms with van der Waals surface area (Å²) in [4.78, 5) is 12.3. The molecule has 0 bridgehead atoms. The fourth-order valence-corrected chi connectivity index (χ4v) is 2.89. The molecule has 2 saturated carbocycles. The normalized spacial score (nSPS) is 21.2. The van der Waals surface area contributed by atoms with Crippen molar-refractivity contribution in [3.63, 3.8) is 0 Å². The zero-order chi connectivity index (χ0) is 18.8. The summed E-state index contributed by atoms with van der Waals surface area (Å²) in [6.45, 7) is 4.43. The van der Waals surface area contributed by atoms with Gasteiger partial charge in [-0.05, 0) is 35.8 Å². The third-order valence-corrected chi connectivity index (χ3v) is 4.89. The molecule has 2 fully saturated rings. The van der Waals surface area contributed by atoms with Gasteiger partial charge in [-0.25, -0.2) is 8.78 Å². The molecule has 2 aliphatic carbocycles. The number of amides is 1. The number of alkyl halides is 2. The van der Waals surface area contributed by atoms with Crippen LogP contribution in [0.5, 0.6) is 0 Å². The number of nitrogens with zero attached hydrogens (tertiary/aromatic N) is 2. The highest BCUT2D eigenvalue weighted by Gasteiger charge is 2.35. The van der Waals surface area contributed by atoms with Gasteiger partial charge in [-0.3, -0.25) is 9.48 Å². The van der Waals surface area contributed by atoms with Gasteiger partial charge in [-0.1, -0.05) is 44.9 Å². The summed E-state index contributed by atoms with van der Waals surface area (Å²) in [6.07, 6.45) is 2.60. The molecular formula is C20H25F2N3O. The first-order valence-corrected chi connectivity index (χ1v) is 9.08. The number of aryl methyl sites for hydroxylation is 1. The lowest BCUT2D eigenvalue weighted by atomic mass is 10.1. The molecule has 0 radical (unpaired) electrons. The molecule has 2 aromatic rings. The molecule has 0 aliphatic heterocycles. The van der Waals surface area contributed by atoms with Gasteiger partial charge in [0, 0.05) is 18.9 Å². The Hall–Kier alpha value is -2.24. The monoisotopic (exact) mass is 361 g/mol. The number of halogens is 2. The van der Waals surface area contributed by atoms with E-state index in [1.165, 1.54) is 30.8 Å². The summed E-state index contributed by atoms with van der Waals surface area (Å²) < 4.78 is 27.1. The van der Waals surface area contributed by atoms with E-state index in [9.17, 15) is 13.6 Å². The van der Waals surface area contributed by atoms with Crippen molar-refractivity contribution < 1.29 is 13.6 Å². The lowest BCUT2D eigenvalue weighted by Crippen LogP contribution is -2.14. The molecule has 1 aromatic carbocycles. The van der Waals surface area contributed by atoms with Crippen LogP contribution < -0.4 is 5.32 Å². The molecule has 6 heteroatoms. The van der Waals surface area contributed by atoms with E-state index in [2.05, 4.69) is 24.3 Å². The van der Waals surface area contributed by atoms with Gasteiger partial charge in [0.25, 0.3) is 12.3 Å². The van der Waals surface area contributed by atoms with Crippen molar-refractivity contribution in [2.75, 3.05) is 5.32 Å². The predicted octanol–water partition coefficient (Wildman–Crippen LogP) is 5.15. The third-order valence-electron chi connectivity index (χ3n) is 4.89. The minimum Gasteiger partial charge on any atom is -0.322 e. The van der Waals surface area contributed by atoms with E-state index in [1.807, 2.05) is 18.2 Å². The Labute approximate surface area is 152 Å². The highest BCUT2D eigenvalue weighted by molar-refractivity contribution is 6.05. The second-order valence-electron chi connectivity index (χ2n) is 7.45. The third kappa shape index (κ3) is 4.48. The molecular weight excluding hydrogens is 336 g/mol. The fourth-order valence-electron chi connectivity index (χ4n) is 2.89. The smallest absolute Gasteiger partial charge is 0.282 e. The van der Waals surface area contributed by atoms with Crippen LogP contribution in [0.1, 0.15) is 67.1 Å². The zero-order valence-corrected chi connectivity index (χ0v) is 15.4. The van der Waals surface area contributed by atoms with Gasteiger partial charge in [0.1, 0.15) is 5.69 Å². The number of hydrogen-bond acceptors (Lipinski definition) is 2. The average molecular weight is 361 g/mol. The first-order chi connectivity index (χ1) is 12.4. The van der Waals surface area contributed by atoms with Gasteiger partial charge in [-0.15, -0.1) is 0 Å². The number of nitrogens with one attached hydrogen (secondary N) is 1. The summed E-state index contributed by atoms with van der Waals surface area (Å²) in [6, 6.07) is 7.52. The summed E-state index contributed by atoms with van der Waals surface area (Å²) in [5.41, 5.74) is 1.17. The number of anilines is 1. The molecule has 0 spiro atoms. The number of benzene rings is 1. The molecule has 2 unspecified atom stereocenters. The van der Waals surface area contributed by atoms with E-state index in [-0.39, 0.29) is 5.56 Å². The Balaban J connectivity index is 0.000000433. The van der Waals surface area contributed by atoms with E-state index in [0.717, 1.165) is 17.9 Å². The van der Waals surface area contributed by atoms with Crippen LogP contribution >= 0.6 is 0 Å². The molecule has 26 heavy (non-hydrogen) atoms. The summed E-state index contributed by atoms with van der Waals surface area (Å²) in [7, 11) is 1.52. The molecule has 2 atom stereocenters. The van der Waals surface area contributed by atoms with Gasteiger partial charge >= 0.3 is 0 Å². The highest BCUT2D eigenvalue weighted by atomic mass is 19.3. The van der Waals surface area contributed by atoms with Crippen LogP contribution in [0.4, 0.5) is 14.5 Å². The average Bonchev–Trinajstić information content (AvgIpc) is 3.49. The number of aromatic nitrogens is 2. The topological polar surface area (TPSA) is 46.9 Å². The number of para-hydroxylation sites is 1. The molecule has 1 N–H and O–H groups in total. The lowest BCUT2D eigenvalue weighted by molar-refractivity contribution is 0.101. The molecule has 140 valence electrons. The van der Waals surface area contributed by atoms with Crippen molar-refractivity contribution in [3.8, 4) is 0 Å². The molecule has 2 aliphatic rings. The van der Waals surface area contributed by atoms with Crippen molar-refractivity contribution in [1.82, 2.24) is 9.78 Å². The molecule has 0 saturated heterocycles. The maximum absolute atomic E-state index is 13.0. The van der Waals surface area contributed by atoms with Crippen LogP contribution in [0.25, 0.3) is 0 Å². The largest absolute Gasteiger partial charge is 0.322 e. The molecule has 1 heterocycles. The lowest BCUT2D eigenvalue weighted by Gasteiger charge is -2.10. The first-order valence-electron chi connectivity index (χ1n) is 9.08. The maximum Gasteiger partial charge on any atom is 0.282 e. The quantitative estimate of drug-likeness (QED) is 0.819. The van der Waals surface area contributed by atoms with E-state index < -0.39 is 18.0 Å². The van der Waals surface area contributed by atoms with Crippen LogP contribution in [0.15, 0.2) is 30.5 Å². The summed E-state index contributed by atoms with van der Waals surface area (Å²) >= 11 is 0. The Morgan fingerprint density at radius 3 is 2.42 bits per heavy atom. The van der Waals surface area contributed by atoms with E-state index in [4.69, 9.17) is 0 Å². The van der Waals surface area contributed by atoms with E-state index >= 15 is 0 Å². The van der Waals surface area contributed by atoms with Gasteiger partial charge in [0.05, 0.1) is 5.56 Å². The van der Waals surface area contributed by atoms with Crippen LogP contribution in [0.3, 0.4) is 0 Å². The number of carbonyl (C=O) groups excluding carboxylic acids is 1. The van der Waals surface area contributed by atoms with Gasteiger partial charge in [-0.2, -0.15) is 5.10 Å². The Morgan fingerprint density at radius 2 is 1.88 bits per heavy atom. The zero-order valence-electron chi connectivity index (χ0n) is 15.4. The van der Waals surface area contributed by atoms with Crippen molar-refractivity contribution in [2.24, 2.45) is 18.9 Å². The minimum absolute atomic E-state index is 0.0869. The number of carbonyl (C=O) groups is 1. The minimum atomic E-state index is -2.78. The molecule has 4 rings (SSSR count). The maximum atomic E-state index is 13.0. The Bertz CT molecular complexity index is 783. The van der Waals surface area contributed by atoms with Crippen molar-refractivity contribution in [1.29, 1.82) is 0 Å². The summed E-state index contributed by atoms with van der Waals surface area (Å²) in [5, 5.41) is 6.41. The predicted molar refractivity (Wildman–Crippen MR) is 97.5 cm³/mol. The Kier molecular flexibility index (Phi) is 5.39. The van der Waals surface area contributed by atoms with Gasteiger partial charge in [0.15, 0.2) is 0 Å². The first kappa shape index (κ1) is 18.5. The summed E-state index contributed by atoms with van der Waals surface area (Å²) in [5.74, 6) is 1.55. The molecule has 4 nitrogen and oxygen atoms in total. The van der Waals surface area contributed by atoms with Crippen LogP contribution in [-0.2, 0) is 7.05 Å². The van der Waals surface area contributed by atoms with E-state index in [0.29, 0.717) is 17.5 Å². The number of rotatable bonds is 4. The van der Waals surface area contributed by atoms with Crippen LogP contribution in [0.2, 0.25) is 0 Å². The molecule has 1 aromatic heterocycles. The highest BCUT2D eigenvalue weighted by Crippen LogP contribution is 2.49. The van der Waals surface area contributed by atoms with Gasteiger partial charge in [0.2, 0.25) is 0 Å². The van der Waals surface area contributed by atoms with Crippen LogP contribution in [-0.4, -0.2) is 15.7 Å². The van der Waals surface area contributed by atoms with Crippen molar-refractivity contribution in [3.05, 3.63) is 47.3 Å². The second kappa shape index (κ2) is 7.56.